The highest BCUT2D eigenvalue weighted by molar-refractivity contribution is 6.09. The number of hydrogen-bond donors (Lipinski definition) is 2. The van der Waals surface area contributed by atoms with E-state index in [-0.39, 0.29) is 23.5 Å². The van der Waals surface area contributed by atoms with Crippen LogP contribution in [0.5, 0.6) is 5.75 Å². The molecular weight excluding hydrogens is 282 g/mol. The van der Waals surface area contributed by atoms with Crippen molar-refractivity contribution < 1.29 is 14.7 Å². The van der Waals surface area contributed by atoms with Gasteiger partial charge < -0.3 is 5.11 Å². The van der Waals surface area contributed by atoms with E-state index in [4.69, 9.17) is 0 Å². The fourth-order valence-corrected chi connectivity index (χ4v) is 1.77. The van der Waals surface area contributed by atoms with Crippen LogP contribution in [0.4, 0.5) is 0 Å². The van der Waals surface area contributed by atoms with Gasteiger partial charge >= 0.3 is 0 Å². The van der Waals surface area contributed by atoms with Gasteiger partial charge in [-0.1, -0.05) is 12.1 Å². The van der Waals surface area contributed by atoms with E-state index in [9.17, 15) is 14.7 Å². The first-order valence-electron chi connectivity index (χ1n) is 6.62. The Labute approximate surface area is 127 Å². The molecule has 22 heavy (non-hydrogen) atoms. The minimum atomic E-state index is -0.536. The molecule has 0 aliphatic rings. The molecule has 6 nitrogen and oxygen atoms in total. The molecule has 2 rings (SSSR count). The molecule has 0 atom stereocenters. The molecule has 0 saturated carbocycles. The third-order valence-electron chi connectivity index (χ3n) is 2.90. The summed E-state index contributed by atoms with van der Waals surface area (Å²) in [4.78, 5) is 27.7. The minimum absolute atomic E-state index is 0.0761. The van der Waals surface area contributed by atoms with Crippen molar-refractivity contribution in [2.75, 3.05) is 0 Å². The van der Waals surface area contributed by atoms with E-state index in [0.717, 1.165) is 0 Å². The van der Waals surface area contributed by atoms with E-state index in [1.807, 2.05) is 0 Å². The maximum absolute atomic E-state index is 12.0. The molecule has 2 N–H and O–H groups in total. The molecule has 112 valence electrons. The summed E-state index contributed by atoms with van der Waals surface area (Å²) in [5.41, 5.74) is 3.39. The van der Waals surface area contributed by atoms with E-state index < -0.39 is 5.91 Å². The molecule has 0 spiro atoms. The van der Waals surface area contributed by atoms with Crippen molar-refractivity contribution in [3.63, 3.8) is 0 Å². The maximum atomic E-state index is 12.0. The number of carbonyl (C=O) groups excluding carboxylic acids is 2. The van der Waals surface area contributed by atoms with Crippen LogP contribution >= 0.6 is 0 Å². The average molecular weight is 297 g/mol. The molecule has 2 aromatic rings. The number of carbonyl (C=O) groups is 2. The van der Waals surface area contributed by atoms with Crippen molar-refractivity contribution in [3.05, 3.63) is 59.9 Å². The zero-order valence-corrected chi connectivity index (χ0v) is 12.0. The number of phenols is 1. The van der Waals surface area contributed by atoms with Crippen LogP contribution in [0.25, 0.3) is 0 Å². The smallest absolute Gasteiger partial charge is 0.275 e. The van der Waals surface area contributed by atoms with Gasteiger partial charge in [-0.15, -0.1) is 0 Å². The number of ketones is 1. The number of nitrogens with one attached hydrogen (secondary N) is 1. The van der Waals surface area contributed by atoms with Gasteiger partial charge in [-0.25, -0.2) is 5.43 Å². The predicted molar refractivity (Wildman–Crippen MR) is 81.9 cm³/mol. The number of aromatic nitrogens is 1. The monoisotopic (exact) mass is 297 g/mol. The van der Waals surface area contributed by atoms with Crippen molar-refractivity contribution in [2.24, 2.45) is 5.10 Å². The highest BCUT2D eigenvalue weighted by Crippen LogP contribution is 2.14. The number of para-hydroxylation sites is 1. The lowest BCUT2D eigenvalue weighted by atomic mass is 10.1. The van der Waals surface area contributed by atoms with Gasteiger partial charge in [0.1, 0.15) is 5.75 Å². The minimum Gasteiger partial charge on any atom is -0.507 e. The van der Waals surface area contributed by atoms with Crippen LogP contribution in [0.3, 0.4) is 0 Å². The molecule has 1 aromatic heterocycles. The van der Waals surface area contributed by atoms with Crippen molar-refractivity contribution >= 4 is 17.4 Å². The number of aromatic hydroxyl groups is 1. The fourth-order valence-electron chi connectivity index (χ4n) is 1.77. The van der Waals surface area contributed by atoms with Crippen LogP contribution in [0.2, 0.25) is 0 Å². The van der Waals surface area contributed by atoms with Gasteiger partial charge in [0, 0.05) is 23.7 Å². The highest BCUT2D eigenvalue weighted by Gasteiger charge is 2.10. The Hall–Kier alpha value is -3.02. The number of hydrogen-bond acceptors (Lipinski definition) is 5. The average Bonchev–Trinajstić information content (AvgIpc) is 2.54. The SMILES string of the molecule is C/C(CC(=O)c1cccnc1)=N/NC(=O)c1ccccc1O. The van der Waals surface area contributed by atoms with Gasteiger partial charge in [-0.3, -0.25) is 14.6 Å². The van der Waals surface area contributed by atoms with E-state index in [1.165, 1.54) is 18.3 Å². The summed E-state index contributed by atoms with van der Waals surface area (Å²) < 4.78 is 0. The molecule has 0 fully saturated rings. The molecule has 0 aliphatic carbocycles. The van der Waals surface area contributed by atoms with Gasteiger partial charge in [-0.2, -0.15) is 5.10 Å². The maximum Gasteiger partial charge on any atom is 0.275 e. The van der Waals surface area contributed by atoms with Crippen LogP contribution < -0.4 is 5.43 Å². The van der Waals surface area contributed by atoms with E-state index in [0.29, 0.717) is 11.3 Å². The number of pyridine rings is 1. The zero-order chi connectivity index (χ0) is 15.9. The summed E-state index contributed by atoms with van der Waals surface area (Å²) in [7, 11) is 0. The Bertz CT molecular complexity index is 712. The summed E-state index contributed by atoms with van der Waals surface area (Å²) >= 11 is 0. The molecule has 0 saturated heterocycles. The van der Waals surface area contributed by atoms with Crippen LogP contribution in [0, 0.1) is 0 Å². The lowest BCUT2D eigenvalue weighted by Crippen LogP contribution is -2.20. The lowest BCUT2D eigenvalue weighted by molar-refractivity contribution is 0.0948. The summed E-state index contributed by atoms with van der Waals surface area (Å²) in [6.45, 7) is 1.64. The molecule has 1 heterocycles. The van der Waals surface area contributed by atoms with Crippen LogP contribution in [0.15, 0.2) is 53.9 Å². The molecule has 0 unspecified atom stereocenters. The largest absolute Gasteiger partial charge is 0.507 e. The van der Waals surface area contributed by atoms with Gasteiger partial charge in [0.05, 0.1) is 12.0 Å². The molecule has 1 aromatic carbocycles. The van der Waals surface area contributed by atoms with Crippen LogP contribution in [-0.2, 0) is 0 Å². The number of amides is 1. The van der Waals surface area contributed by atoms with Gasteiger partial charge in [0.15, 0.2) is 5.78 Å². The third-order valence-corrected chi connectivity index (χ3v) is 2.90. The number of rotatable bonds is 5. The summed E-state index contributed by atoms with van der Waals surface area (Å²) in [5.74, 6) is -0.795. The number of hydrazone groups is 1. The highest BCUT2D eigenvalue weighted by atomic mass is 16.3. The van der Waals surface area contributed by atoms with Crippen molar-refractivity contribution in [2.45, 2.75) is 13.3 Å². The molecule has 0 radical (unpaired) electrons. The Kier molecular flexibility index (Phi) is 4.98. The topological polar surface area (TPSA) is 91.7 Å². The quantitative estimate of drug-likeness (QED) is 0.502. The standard InChI is InChI=1S/C16H15N3O3/c1-11(9-15(21)12-5-4-8-17-10-12)18-19-16(22)13-6-2-3-7-14(13)20/h2-8,10,20H,9H2,1H3,(H,19,22)/b18-11-. The molecule has 0 bridgehead atoms. The Morgan fingerprint density at radius 3 is 2.68 bits per heavy atom. The van der Waals surface area contributed by atoms with Gasteiger partial charge in [0.2, 0.25) is 0 Å². The molecule has 0 aliphatic heterocycles. The molecule has 6 heteroatoms. The summed E-state index contributed by atoms with van der Waals surface area (Å²) in [6.07, 6.45) is 3.15. The normalized spacial score (nSPS) is 11.0. The van der Waals surface area contributed by atoms with Crippen LogP contribution in [0.1, 0.15) is 34.1 Å². The zero-order valence-electron chi connectivity index (χ0n) is 12.0. The number of Topliss-reactive ketones (excluding diaryl/α,β-unsaturated/α-hetero) is 1. The first kappa shape index (κ1) is 15.4. The molecular formula is C16H15N3O3. The van der Waals surface area contributed by atoms with E-state index in [2.05, 4.69) is 15.5 Å². The first-order chi connectivity index (χ1) is 10.6. The predicted octanol–water partition coefficient (Wildman–Crippen LogP) is 2.17. The Morgan fingerprint density at radius 2 is 2.00 bits per heavy atom. The Balaban J connectivity index is 1.97. The summed E-state index contributed by atoms with van der Waals surface area (Å²) in [5, 5.41) is 13.4. The second kappa shape index (κ2) is 7.12. The van der Waals surface area contributed by atoms with E-state index >= 15 is 0 Å². The number of nitrogens with zero attached hydrogens (tertiary/aromatic N) is 2. The van der Waals surface area contributed by atoms with Crippen molar-refractivity contribution in [1.82, 2.24) is 10.4 Å². The van der Waals surface area contributed by atoms with E-state index in [1.54, 1.807) is 37.4 Å². The second-order valence-electron chi connectivity index (χ2n) is 4.65. The number of benzene rings is 1. The van der Waals surface area contributed by atoms with Crippen molar-refractivity contribution in [1.29, 1.82) is 0 Å². The van der Waals surface area contributed by atoms with Crippen molar-refractivity contribution in [3.8, 4) is 5.75 Å². The van der Waals surface area contributed by atoms with Crippen LogP contribution in [-0.4, -0.2) is 27.5 Å². The van der Waals surface area contributed by atoms with Gasteiger partial charge in [-0.05, 0) is 31.2 Å². The second-order valence-corrected chi connectivity index (χ2v) is 4.65. The molecule has 1 amide bonds. The fraction of sp³-hybridized carbons (Fsp3) is 0.125. The Morgan fingerprint density at radius 1 is 1.23 bits per heavy atom. The lowest BCUT2D eigenvalue weighted by Gasteiger charge is -2.04. The summed E-state index contributed by atoms with van der Waals surface area (Å²) in [6, 6.07) is 9.50. The van der Waals surface area contributed by atoms with Gasteiger partial charge in [0.25, 0.3) is 5.91 Å². The first-order valence-corrected chi connectivity index (χ1v) is 6.62. The third kappa shape index (κ3) is 3.99. The number of phenolic OH excluding ortho intramolecular Hbond substituents is 1.